The summed E-state index contributed by atoms with van der Waals surface area (Å²) in [6.07, 6.45) is 1.36. The van der Waals surface area contributed by atoms with E-state index < -0.39 is 11.7 Å². The molecule has 0 saturated carbocycles. The molecule has 172 valence electrons. The van der Waals surface area contributed by atoms with Crippen LogP contribution in [0.25, 0.3) is 32.3 Å². The normalized spacial score (nSPS) is 15.3. The van der Waals surface area contributed by atoms with Crippen molar-refractivity contribution in [1.29, 1.82) is 0 Å². The Bertz CT molecular complexity index is 1390. The topological polar surface area (TPSA) is 55.7 Å². The highest BCUT2D eigenvalue weighted by Crippen LogP contribution is 2.40. The Hall–Kier alpha value is -3.39. The Balaban J connectivity index is 1.55. The van der Waals surface area contributed by atoms with Crippen LogP contribution in [0.3, 0.4) is 0 Å². The Kier molecular flexibility index (Phi) is 5.36. The van der Waals surface area contributed by atoms with Crippen LogP contribution in [-0.4, -0.2) is 20.7 Å². The third-order valence-corrected chi connectivity index (χ3v) is 6.89. The number of fused-ring (bicyclic) bond motifs is 1. The molecule has 5 rings (SSSR count). The van der Waals surface area contributed by atoms with Crippen molar-refractivity contribution in [3.8, 4) is 32.3 Å². The molecule has 0 unspecified atom stereocenters. The Morgan fingerprint density at radius 1 is 0.971 bits per heavy atom. The maximum Gasteiger partial charge on any atom is 0.416 e. The lowest BCUT2D eigenvalue weighted by Gasteiger charge is -2.29. The van der Waals surface area contributed by atoms with E-state index in [0.29, 0.717) is 50.7 Å². The van der Waals surface area contributed by atoms with Gasteiger partial charge in [-0.15, -0.1) is 11.3 Å². The number of carbonyl (C=O) groups excluding carboxylic acids is 1. The Morgan fingerprint density at radius 3 is 2.50 bits per heavy atom. The molecule has 1 aliphatic rings. The third kappa shape index (κ3) is 4.37. The van der Waals surface area contributed by atoms with Crippen LogP contribution in [0.1, 0.15) is 41.9 Å². The summed E-state index contributed by atoms with van der Waals surface area (Å²) in [7, 11) is 0. The standard InChI is InChI=1S/C26H20F3N3OS/c1-25(2)11-21-19(22(33)12-25)5-6-20(32-21)24-31-14-23(34-24)17-8-16(15-4-3-7-30-13-15)9-18(10-17)26(27,28)29/h3-10,13-14H,11-12H2,1-2H3. The van der Waals surface area contributed by atoms with E-state index in [9.17, 15) is 18.0 Å². The average Bonchev–Trinajstić information content (AvgIpc) is 3.28. The lowest BCUT2D eigenvalue weighted by molar-refractivity contribution is -0.137. The first-order valence-corrected chi connectivity index (χ1v) is 11.5. The maximum atomic E-state index is 13.6. The number of pyridine rings is 2. The van der Waals surface area contributed by atoms with Crippen molar-refractivity contribution in [3.63, 3.8) is 0 Å². The number of carbonyl (C=O) groups is 1. The van der Waals surface area contributed by atoms with Crippen LogP contribution in [0.4, 0.5) is 13.2 Å². The summed E-state index contributed by atoms with van der Waals surface area (Å²) in [5, 5.41) is 0.592. The second-order valence-electron chi connectivity index (χ2n) is 9.20. The van der Waals surface area contributed by atoms with E-state index in [4.69, 9.17) is 4.98 Å². The van der Waals surface area contributed by atoms with E-state index in [-0.39, 0.29) is 11.2 Å². The molecule has 4 nitrogen and oxygen atoms in total. The highest BCUT2D eigenvalue weighted by Gasteiger charge is 2.33. The highest BCUT2D eigenvalue weighted by atomic mass is 32.1. The van der Waals surface area contributed by atoms with Crippen molar-refractivity contribution in [3.05, 3.63) is 77.9 Å². The fraction of sp³-hybridized carbons (Fsp3) is 0.231. The maximum absolute atomic E-state index is 13.6. The SMILES string of the molecule is CC1(C)CC(=O)c2ccc(-c3ncc(-c4cc(-c5cccnc5)cc(C(F)(F)F)c4)s3)nc2C1. The molecule has 0 atom stereocenters. The first-order chi connectivity index (χ1) is 16.1. The molecule has 0 fully saturated rings. The minimum Gasteiger partial charge on any atom is -0.294 e. The highest BCUT2D eigenvalue weighted by molar-refractivity contribution is 7.18. The molecule has 8 heteroatoms. The molecule has 0 radical (unpaired) electrons. The molecule has 0 aliphatic heterocycles. The number of thiazole rings is 1. The van der Waals surface area contributed by atoms with Crippen LogP contribution < -0.4 is 0 Å². The van der Waals surface area contributed by atoms with Crippen LogP contribution in [0.5, 0.6) is 0 Å². The zero-order valence-corrected chi connectivity index (χ0v) is 19.3. The van der Waals surface area contributed by atoms with Crippen LogP contribution in [0, 0.1) is 5.41 Å². The second kappa shape index (κ2) is 8.13. The molecule has 0 N–H and O–H groups in total. The Labute approximate surface area is 198 Å². The van der Waals surface area contributed by atoms with E-state index in [0.717, 1.165) is 17.8 Å². The third-order valence-electron chi connectivity index (χ3n) is 5.82. The van der Waals surface area contributed by atoms with Crippen LogP contribution in [0.15, 0.2) is 61.1 Å². The molecule has 0 spiro atoms. The number of Topliss-reactive ketones (excluding diaryl/α,β-unsaturated/α-hetero) is 1. The monoisotopic (exact) mass is 479 g/mol. The molecule has 1 aliphatic carbocycles. The van der Waals surface area contributed by atoms with Crippen molar-refractivity contribution in [1.82, 2.24) is 15.0 Å². The number of benzene rings is 1. The van der Waals surface area contributed by atoms with Gasteiger partial charge < -0.3 is 0 Å². The zero-order chi connectivity index (χ0) is 24.1. The van der Waals surface area contributed by atoms with E-state index in [1.54, 1.807) is 42.7 Å². The van der Waals surface area contributed by atoms with Gasteiger partial charge in [-0.2, -0.15) is 13.2 Å². The number of ketones is 1. The fourth-order valence-corrected chi connectivity index (χ4v) is 5.09. The van der Waals surface area contributed by atoms with Gasteiger partial charge in [0, 0.05) is 36.1 Å². The van der Waals surface area contributed by atoms with Crippen molar-refractivity contribution >= 4 is 17.1 Å². The first kappa shape index (κ1) is 22.4. The van der Waals surface area contributed by atoms with Crippen molar-refractivity contribution in [2.24, 2.45) is 5.41 Å². The van der Waals surface area contributed by atoms with E-state index in [1.165, 1.54) is 17.5 Å². The van der Waals surface area contributed by atoms with Gasteiger partial charge in [-0.3, -0.25) is 9.78 Å². The van der Waals surface area contributed by atoms with Gasteiger partial charge in [-0.1, -0.05) is 19.9 Å². The quantitative estimate of drug-likeness (QED) is 0.314. The summed E-state index contributed by atoms with van der Waals surface area (Å²) in [5.41, 5.74) is 2.55. The van der Waals surface area contributed by atoms with Gasteiger partial charge >= 0.3 is 6.18 Å². The smallest absolute Gasteiger partial charge is 0.294 e. The molecule has 3 aromatic heterocycles. The average molecular weight is 480 g/mol. The number of rotatable bonds is 3. The van der Waals surface area contributed by atoms with Crippen LogP contribution in [-0.2, 0) is 12.6 Å². The minimum absolute atomic E-state index is 0.0806. The first-order valence-electron chi connectivity index (χ1n) is 10.7. The predicted octanol–water partition coefficient (Wildman–Crippen LogP) is 7.11. The van der Waals surface area contributed by atoms with Gasteiger partial charge in [0.1, 0.15) is 5.01 Å². The van der Waals surface area contributed by atoms with Gasteiger partial charge in [-0.25, -0.2) is 9.97 Å². The van der Waals surface area contributed by atoms with Gasteiger partial charge in [0.25, 0.3) is 0 Å². The lowest BCUT2D eigenvalue weighted by Crippen LogP contribution is -2.27. The van der Waals surface area contributed by atoms with E-state index in [1.807, 2.05) is 13.8 Å². The summed E-state index contributed by atoms with van der Waals surface area (Å²) in [4.78, 5) is 26.2. The number of halogens is 3. The van der Waals surface area contributed by atoms with Crippen LogP contribution in [0.2, 0.25) is 0 Å². The molecular formula is C26H20F3N3OS. The molecule has 1 aromatic carbocycles. The zero-order valence-electron chi connectivity index (χ0n) is 18.5. The number of hydrogen-bond donors (Lipinski definition) is 0. The summed E-state index contributed by atoms with van der Waals surface area (Å²) < 4.78 is 40.9. The summed E-state index contributed by atoms with van der Waals surface area (Å²) in [5.74, 6) is 0.0806. The number of hydrogen-bond acceptors (Lipinski definition) is 5. The number of alkyl halides is 3. The number of aromatic nitrogens is 3. The summed E-state index contributed by atoms with van der Waals surface area (Å²) in [6.45, 7) is 4.08. The molecule has 34 heavy (non-hydrogen) atoms. The number of nitrogens with zero attached hydrogens (tertiary/aromatic N) is 3. The van der Waals surface area contributed by atoms with Gasteiger partial charge in [0.05, 0.1) is 21.8 Å². The van der Waals surface area contributed by atoms with Gasteiger partial charge in [-0.05, 0) is 59.4 Å². The van der Waals surface area contributed by atoms with Gasteiger partial charge in [0.15, 0.2) is 5.78 Å². The molecule has 4 aromatic rings. The minimum atomic E-state index is -4.49. The van der Waals surface area contributed by atoms with Crippen molar-refractivity contribution in [2.75, 3.05) is 0 Å². The molecule has 3 heterocycles. The molecule has 0 amide bonds. The van der Waals surface area contributed by atoms with Crippen LogP contribution >= 0.6 is 11.3 Å². The molecular weight excluding hydrogens is 459 g/mol. The molecule has 0 bridgehead atoms. The predicted molar refractivity (Wildman–Crippen MR) is 125 cm³/mol. The van der Waals surface area contributed by atoms with E-state index in [2.05, 4.69) is 9.97 Å². The second-order valence-corrected chi connectivity index (χ2v) is 10.2. The largest absolute Gasteiger partial charge is 0.416 e. The van der Waals surface area contributed by atoms with E-state index >= 15 is 0 Å². The Morgan fingerprint density at radius 2 is 1.76 bits per heavy atom. The molecule has 0 saturated heterocycles. The summed E-state index contributed by atoms with van der Waals surface area (Å²) >= 11 is 1.27. The van der Waals surface area contributed by atoms with Gasteiger partial charge in [0.2, 0.25) is 0 Å². The summed E-state index contributed by atoms with van der Waals surface area (Å²) in [6, 6.07) is 10.9. The van der Waals surface area contributed by atoms with Crippen molar-refractivity contribution < 1.29 is 18.0 Å². The fourth-order valence-electron chi connectivity index (χ4n) is 4.21. The lowest BCUT2D eigenvalue weighted by atomic mass is 9.75. The van der Waals surface area contributed by atoms with Crippen molar-refractivity contribution in [2.45, 2.75) is 32.9 Å².